The van der Waals surface area contributed by atoms with Gasteiger partial charge in [-0.15, -0.1) is 0 Å². The van der Waals surface area contributed by atoms with Gasteiger partial charge in [-0.2, -0.15) is 0 Å². The molecule has 0 bridgehead atoms. The van der Waals surface area contributed by atoms with Crippen molar-refractivity contribution >= 4 is 22.3 Å². The van der Waals surface area contributed by atoms with E-state index in [4.69, 9.17) is 0 Å². The van der Waals surface area contributed by atoms with E-state index in [9.17, 15) is 10.1 Å². The minimum atomic E-state index is -0.348. The molecule has 1 unspecified atom stereocenters. The Morgan fingerprint density at radius 2 is 2.00 bits per heavy atom. The van der Waals surface area contributed by atoms with Gasteiger partial charge in [0.05, 0.1) is 15.8 Å². The molecule has 0 aliphatic heterocycles. The first-order valence-electron chi connectivity index (χ1n) is 6.29. The smallest absolute Gasteiger partial charge is 0.301 e. The van der Waals surface area contributed by atoms with Crippen LogP contribution in [0.4, 0.5) is 11.4 Å². The first-order chi connectivity index (χ1) is 9.00. The third-order valence-electron chi connectivity index (χ3n) is 3.32. The zero-order valence-electron chi connectivity index (χ0n) is 11.3. The van der Waals surface area contributed by atoms with Crippen molar-refractivity contribution in [2.75, 3.05) is 5.32 Å². The number of aromatic nitrogens is 1. The van der Waals surface area contributed by atoms with Gasteiger partial charge in [0.2, 0.25) is 0 Å². The molecule has 5 heteroatoms. The van der Waals surface area contributed by atoms with Crippen LogP contribution in [0, 0.1) is 16.0 Å². The molecule has 1 N–H and O–H groups in total. The molecular weight excluding hydrogens is 242 g/mol. The van der Waals surface area contributed by atoms with E-state index in [0.717, 1.165) is 0 Å². The Bertz CT molecular complexity index is 611. The summed E-state index contributed by atoms with van der Waals surface area (Å²) in [7, 11) is 0. The maximum absolute atomic E-state index is 11.3. The molecule has 100 valence electrons. The fourth-order valence-electron chi connectivity index (χ4n) is 1.86. The average molecular weight is 259 g/mol. The quantitative estimate of drug-likeness (QED) is 0.672. The number of fused-ring (bicyclic) bond motifs is 1. The standard InChI is InChI=1S/C14H17N3O2/c1-9(2)10(3)16-13-7-6-12-11(5-4-8-15-12)14(13)17(18)19/h4-10,16H,1-3H3. The normalized spacial score (nSPS) is 12.6. The van der Waals surface area contributed by atoms with E-state index in [1.165, 1.54) is 0 Å². The molecule has 1 aromatic carbocycles. The van der Waals surface area contributed by atoms with E-state index in [-0.39, 0.29) is 16.7 Å². The Morgan fingerprint density at radius 1 is 1.26 bits per heavy atom. The van der Waals surface area contributed by atoms with Gasteiger partial charge in [0.15, 0.2) is 0 Å². The Hall–Kier alpha value is -2.17. The molecule has 0 aliphatic carbocycles. The third kappa shape index (κ3) is 2.65. The van der Waals surface area contributed by atoms with Crippen molar-refractivity contribution in [3.63, 3.8) is 0 Å². The Morgan fingerprint density at radius 3 is 2.63 bits per heavy atom. The van der Waals surface area contributed by atoms with E-state index < -0.39 is 0 Å². The Balaban J connectivity index is 2.55. The first-order valence-corrected chi connectivity index (χ1v) is 6.29. The van der Waals surface area contributed by atoms with Gasteiger partial charge >= 0.3 is 5.69 Å². The third-order valence-corrected chi connectivity index (χ3v) is 3.32. The maximum Gasteiger partial charge on any atom is 0.301 e. The fourth-order valence-corrected chi connectivity index (χ4v) is 1.86. The van der Waals surface area contributed by atoms with Crippen molar-refractivity contribution in [1.82, 2.24) is 4.98 Å². The van der Waals surface area contributed by atoms with Crippen LogP contribution in [0.3, 0.4) is 0 Å². The number of nitro benzene ring substituents is 1. The van der Waals surface area contributed by atoms with E-state index in [2.05, 4.69) is 24.1 Å². The molecular formula is C14H17N3O2. The SMILES string of the molecule is CC(C)C(C)Nc1ccc2ncccc2c1[N+](=O)[O-]. The van der Waals surface area contributed by atoms with Gasteiger partial charge in [0.1, 0.15) is 5.69 Å². The van der Waals surface area contributed by atoms with Gasteiger partial charge in [0, 0.05) is 12.2 Å². The summed E-state index contributed by atoms with van der Waals surface area (Å²) >= 11 is 0. The molecule has 1 aromatic heterocycles. The summed E-state index contributed by atoms with van der Waals surface area (Å²) in [5, 5.41) is 15.1. The summed E-state index contributed by atoms with van der Waals surface area (Å²) in [6.07, 6.45) is 1.63. The van der Waals surface area contributed by atoms with Gasteiger partial charge in [-0.1, -0.05) is 13.8 Å². The zero-order chi connectivity index (χ0) is 14.0. The van der Waals surface area contributed by atoms with E-state index in [0.29, 0.717) is 22.5 Å². The number of nitrogens with zero attached hydrogens (tertiary/aromatic N) is 2. The van der Waals surface area contributed by atoms with Crippen molar-refractivity contribution in [1.29, 1.82) is 0 Å². The summed E-state index contributed by atoms with van der Waals surface area (Å²) in [5.41, 5.74) is 1.28. The maximum atomic E-state index is 11.3. The first kappa shape index (κ1) is 13.3. The number of hydrogen-bond acceptors (Lipinski definition) is 4. The lowest BCUT2D eigenvalue weighted by molar-refractivity contribution is -0.382. The van der Waals surface area contributed by atoms with Crippen LogP contribution in [0.5, 0.6) is 0 Å². The number of hydrogen-bond donors (Lipinski definition) is 1. The Labute approximate surface area is 111 Å². The highest BCUT2D eigenvalue weighted by Gasteiger charge is 2.20. The predicted molar refractivity (Wildman–Crippen MR) is 76.3 cm³/mol. The molecule has 0 amide bonds. The second kappa shape index (κ2) is 5.22. The van der Waals surface area contributed by atoms with Crippen LogP contribution in [0.25, 0.3) is 10.9 Å². The van der Waals surface area contributed by atoms with Crippen LogP contribution in [-0.2, 0) is 0 Å². The van der Waals surface area contributed by atoms with Gasteiger partial charge in [-0.25, -0.2) is 0 Å². The lowest BCUT2D eigenvalue weighted by atomic mass is 10.1. The molecule has 2 rings (SSSR count). The fraction of sp³-hybridized carbons (Fsp3) is 0.357. The minimum absolute atomic E-state index is 0.0955. The predicted octanol–water partition coefficient (Wildman–Crippen LogP) is 3.60. The number of rotatable bonds is 4. The summed E-state index contributed by atoms with van der Waals surface area (Å²) < 4.78 is 0. The second-order valence-electron chi connectivity index (χ2n) is 4.97. The monoisotopic (exact) mass is 259 g/mol. The highest BCUT2D eigenvalue weighted by atomic mass is 16.6. The minimum Gasteiger partial charge on any atom is -0.377 e. The Kier molecular flexibility index (Phi) is 3.64. The topological polar surface area (TPSA) is 68.1 Å². The van der Waals surface area contributed by atoms with Crippen molar-refractivity contribution in [2.24, 2.45) is 5.92 Å². The van der Waals surface area contributed by atoms with Crippen LogP contribution in [0.15, 0.2) is 30.5 Å². The lowest BCUT2D eigenvalue weighted by Gasteiger charge is -2.19. The van der Waals surface area contributed by atoms with Crippen molar-refractivity contribution < 1.29 is 4.92 Å². The lowest BCUT2D eigenvalue weighted by Crippen LogP contribution is -2.22. The van der Waals surface area contributed by atoms with Crippen molar-refractivity contribution in [3.05, 3.63) is 40.6 Å². The number of nitrogens with one attached hydrogen (secondary N) is 1. The van der Waals surface area contributed by atoms with Crippen LogP contribution in [0.1, 0.15) is 20.8 Å². The highest BCUT2D eigenvalue weighted by Crippen LogP contribution is 2.33. The van der Waals surface area contributed by atoms with E-state index in [1.54, 1.807) is 30.5 Å². The molecule has 0 fully saturated rings. The van der Waals surface area contributed by atoms with Gasteiger partial charge in [-0.05, 0) is 37.1 Å². The molecule has 5 nitrogen and oxygen atoms in total. The highest BCUT2D eigenvalue weighted by molar-refractivity contribution is 5.94. The molecule has 19 heavy (non-hydrogen) atoms. The average Bonchev–Trinajstić information content (AvgIpc) is 2.37. The van der Waals surface area contributed by atoms with Crippen molar-refractivity contribution in [2.45, 2.75) is 26.8 Å². The van der Waals surface area contributed by atoms with Crippen LogP contribution < -0.4 is 5.32 Å². The zero-order valence-corrected chi connectivity index (χ0v) is 11.3. The van der Waals surface area contributed by atoms with Crippen molar-refractivity contribution in [3.8, 4) is 0 Å². The molecule has 0 aliphatic rings. The molecule has 0 radical (unpaired) electrons. The molecule has 1 heterocycles. The van der Waals surface area contributed by atoms with Gasteiger partial charge < -0.3 is 5.32 Å². The van der Waals surface area contributed by atoms with Gasteiger partial charge in [-0.3, -0.25) is 15.1 Å². The van der Waals surface area contributed by atoms with Crippen LogP contribution in [-0.4, -0.2) is 15.9 Å². The van der Waals surface area contributed by atoms with Crippen LogP contribution >= 0.6 is 0 Å². The molecule has 0 saturated heterocycles. The second-order valence-corrected chi connectivity index (χ2v) is 4.97. The van der Waals surface area contributed by atoms with E-state index in [1.807, 2.05) is 6.92 Å². The number of nitro groups is 1. The summed E-state index contributed by atoms with van der Waals surface area (Å²) in [5.74, 6) is 0.393. The number of benzene rings is 1. The van der Waals surface area contributed by atoms with Gasteiger partial charge in [0.25, 0.3) is 0 Å². The summed E-state index contributed by atoms with van der Waals surface area (Å²) in [4.78, 5) is 15.1. The molecule has 0 saturated carbocycles. The molecule has 2 aromatic rings. The molecule has 1 atom stereocenters. The largest absolute Gasteiger partial charge is 0.377 e. The van der Waals surface area contributed by atoms with E-state index >= 15 is 0 Å². The number of pyridine rings is 1. The van der Waals surface area contributed by atoms with Crippen LogP contribution in [0.2, 0.25) is 0 Å². The summed E-state index contributed by atoms with van der Waals surface area (Å²) in [6, 6.07) is 7.13. The molecule has 0 spiro atoms. The number of anilines is 1. The summed E-state index contributed by atoms with van der Waals surface area (Å²) in [6.45, 7) is 6.17.